The first-order valence-electron chi connectivity index (χ1n) is 10.1. The number of ketones is 1. The quantitative estimate of drug-likeness (QED) is 0.297. The highest BCUT2D eigenvalue weighted by Crippen LogP contribution is 2.31. The molecule has 0 aliphatic carbocycles. The summed E-state index contributed by atoms with van der Waals surface area (Å²) < 4.78 is 22.4. The Morgan fingerprint density at radius 2 is 1.72 bits per heavy atom. The third kappa shape index (κ3) is 9.06. The molecule has 8 nitrogen and oxygen atoms in total. The van der Waals surface area contributed by atoms with Crippen molar-refractivity contribution >= 4 is 17.7 Å². The van der Waals surface area contributed by atoms with E-state index in [4.69, 9.17) is 18.9 Å². The highest BCUT2D eigenvalue weighted by Gasteiger charge is 2.42. The van der Waals surface area contributed by atoms with Crippen molar-refractivity contribution in [2.45, 2.75) is 65.9 Å². The predicted molar refractivity (Wildman–Crippen MR) is 107 cm³/mol. The van der Waals surface area contributed by atoms with Gasteiger partial charge in [0.05, 0.1) is 25.4 Å². The Bertz CT molecular complexity index is 575. The Kier molecular flexibility index (Phi) is 11.1. The van der Waals surface area contributed by atoms with Crippen LogP contribution in [0.15, 0.2) is 12.2 Å². The third-order valence-electron chi connectivity index (χ3n) is 5.08. The molecule has 1 amide bonds. The molecule has 8 heteroatoms. The van der Waals surface area contributed by atoms with Gasteiger partial charge in [0.25, 0.3) is 0 Å². The summed E-state index contributed by atoms with van der Waals surface area (Å²) in [5.74, 6) is -0.363. The summed E-state index contributed by atoms with van der Waals surface area (Å²) in [6.45, 7) is 13.3. The van der Waals surface area contributed by atoms with E-state index in [1.165, 1.54) is 13.8 Å². The number of hydrogen-bond donors (Lipinski definition) is 1. The van der Waals surface area contributed by atoms with Crippen molar-refractivity contribution in [1.82, 2.24) is 5.32 Å². The predicted octanol–water partition coefficient (Wildman–Crippen LogP) is 2.01. The van der Waals surface area contributed by atoms with Crippen LogP contribution in [0.2, 0.25) is 0 Å². The molecule has 0 aromatic carbocycles. The van der Waals surface area contributed by atoms with Gasteiger partial charge in [-0.25, -0.2) is 0 Å². The summed E-state index contributed by atoms with van der Waals surface area (Å²) in [5.41, 5.74) is 0.554. The Hall–Kier alpha value is -1.77. The molecule has 1 fully saturated rings. The van der Waals surface area contributed by atoms with Gasteiger partial charge in [0.15, 0.2) is 12.1 Å². The third-order valence-corrected chi connectivity index (χ3v) is 5.08. The van der Waals surface area contributed by atoms with Crippen molar-refractivity contribution in [2.75, 3.05) is 26.4 Å². The lowest BCUT2D eigenvalue weighted by atomic mass is 9.82. The number of allylic oxidation sites excluding steroid dienone is 1. The molecule has 2 unspecified atom stereocenters. The molecule has 0 radical (unpaired) electrons. The van der Waals surface area contributed by atoms with E-state index in [-0.39, 0.29) is 54.9 Å². The minimum absolute atomic E-state index is 0.0422. The molecule has 5 atom stereocenters. The number of ether oxygens (including phenoxy) is 4. The van der Waals surface area contributed by atoms with Gasteiger partial charge in [-0.15, -0.1) is 0 Å². The zero-order valence-electron chi connectivity index (χ0n) is 18.2. The second kappa shape index (κ2) is 12.7. The molecular formula is C21H35NO7. The van der Waals surface area contributed by atoms with Gasteiger partial charge in [-0.2, -0.15) is 0 Å². The van der Waals surface area contributed by atoms with Crippen LogP contribution in [0.4, 0.5) is 0 Å². The average Bonchev–Trinajstić information content (AvgIpc) is 2.64. The highest BCUT2D eigenvalue weighted by atomic mass is 16.7. The van der Waals surface area contributed by atoms with Crippen LogP contribution in [0.3, 0.4) is 0 Å². The fraction of sp³-hybridized carbons (Fsp3) is 0.762. The van der Waals surface area contributed by atoms with Crippen molar-refractivity contribution < 1.29 is 33.3 Å². The smallest absolute Gasteiger partial charge is 0.302 e. The van der Waals surface area contributed by atoms with Gasteiger partial charge in [0, 0.05) is 26.9 Å². The molecule has 29 heavy (non-hydrogen) atoms. The van der Waals surface area contributed by atoms with Crippen LogP contribution in [-0.4, -0.2) is 62.5 Å². The number of rotatable bonds is 12. The van der Waals surface area contributed by atoms with E-state index in [0.29, 0.717) is 31.6 Å². The molecular weight excluding hydrogens is 378 g/mol. The first-order chi connectivity index (χ1) is 13.6. The molecule has 1 rings (SSSR count). The van der Waals surface area contributed by atoms with Gasteiger partial charge >= 0.3 is 5.97 Å². The normalized spacial score (nSPS) is 26.6. The molecule has 0 saturated carbocycles. The summed E-state index contributed by atoms with van der Waals surface area (Å²) in [6.07, 6.45) is 0.0519. The van der Waals surface area contributed by atoms with E-state index >= 15 is 0 Å². The molecule has 0 bridgehead atoms. The Morgan fingerprint density at radius 3 is 2.31 bits per heavy atom. The molecule has 0 spiro atoms. The largest absolute Gasteiger partial charge is 0.463 e. The fourth-order valence-electron chi connectivity index (χ4n) is 3.14. The summed E-state index contributed by atoms with van der Waals surface area (Å²) in [4.78, 5) is 34.2. The number of Topliss-reactive ketones (excluding diaryl/α,β-unsaturated/α-hetero) is 1. The lowest BCUT2D eigenvalue weighted by Crippen LogP contribution is -2.58. The monoisotopic (exact) mass is 413 g/mol. The fourth-order valence-corrected chi connectivity index (χ4v) is 3.14. The highest BCUT2D eigenvalue weighted by molar-refractivity contribution is 5.93. The minimum atomic E-state index is -0.667. The van der Waals surface area contributed by atoms with Crippen LogP contribution in [0.1, 0.15) is 47.5 Å². The molecule has 1 saturated heterocycles. The van der Waals surface area contributed by atoms with E-state index in [2.05, 4.69) is 11.9 Å². The lowest BCUT2D eigenvalue weighted by molar-refractivity contribution is -0.246. The second-order valence-corrected chi connectivity index (χ2v) is 7.58. The summed E-state index contributed by atoms with van der Waals surface area (Å²) >= 11 is 0. The van der Waals surface area contributed by atoms with Crippen molar-refractivity contribution in [2.24, 2.45) is 11.8 Å². The van der Waals surface area contributed by atoms with Gasteiger partial charge in [-0.05, 0) is 30.8 Å². The van der Waals surface area contributed by atoms with Gasteiger partial charge < -0.3 is 24.3 Å². The van der Waals surface area contributed by atoms with E-state index in [0.717, 1.165) is 0 Å². The molecule has 1 heterocycles. The molecule has 1 N–H and O–H groups in total. The number of nitrogens with one attached hydrogen (secondary N) is 1. The molecule has 1 aliphatic rings. The Balaban J connectivity index is 2.50. The SMILES string of the molecule is C=C(C)C(=O)CCCOCCO[C@@H]1OC(COC(C)=O)[C@H](C)[C@H](C)C1NC(C)=O. The number of carbonyl (C=O) groups is 3. The number of carbonyl (C=O) groups excluding carboxylic acids is 3. The summed E-state index contributed by atoms with van der Waals surface area (Å²) in [5, 5.41) is 2.90. The van der Waals surface area contributed by atoms with Crippen LogP contribution < -0.4 is 5.32 Å². The molecule has 0 aromatic rings. The van der Waals surface area contributed by atoms with E-state index in [9.17, 15) is 14.4 Å². The number of amides is 1. The zero-order valence-corrected chi connectivity index (χ0v) is 18.2. The number of hydrogen-bond acceptors (Lipinski definition) is 7. The van der Waals surface area contributed by atoms with Gasteiger partial charge in [-0.1, -0.05) is 20.4 Å². The number of esters is 1. The van der Waals surface area contributed by atoms with Crippen LogP contribution in [-0.2, 0) is 33.3 Å². The van der Waals surface area contributed by atoms with Crippen LogP contribution >= 0.6 is 0 Å². The maximum Gasteiger partial charge on any atom is 0.302 e. The minimum Gasteiger partial charge on any atom is -0.463 e. The van der Waals surface area contributed by atoms with Crippen molar-refractivity contribution in [3.8, 4) is 0 Å². The topological polar surface area (TPSA) is 100 Å². The van der Waals surface area contributed by atoms with E-state index in [1.54, 1.807) is 6.92 Å². The average molecular weight is 414 g/mol. The van der Waals surface area contributed by atoms with Crippen molar-refractivity contribution in [3.63, 3.8) is 0 Å². The first kappa shape index (κ1) is 25.3. The molecule has 0 aromatic heterocycles. The van der Waals surface area contributed by atoms with E-state index < -0.39 is 6.29 Å². The molecule has 166 valence electrons. The van der Waals surface area contributed by atoms with Gasteiger partial charge in [0.1, 0.15) is 6.61 Å². The van der Waals surface area contributed by atoms with Gasteiger partial charge in [-0.3, -0.25) is 14.4 Å². The van der Waals surface area contributed by atoms with Crippen LogP contribution in [0.25, 0.3) is 0 Å². The second-order valence-electron chi connectivity index (χ2n) is 7.58. The standard InChI is InChI=1S/C21H35NO7/c1-13(2)18(25)8-7-9-26-10-11-27-21-20(22-16(5)23)15(4)14(3)19(29-21)12-28-17(6)24/h14-15,19-21H,1,7-12H2,2-6H3,(H,22,23)/t14-,15+,19?,20?,21-/m1/s1. The van der Waals surface area contributed by atoms with Gasteiger partial charge in [0.2, 0.25) is 5.91 Å². The lowest BCUT2D eigenvalue weighted by Gasteiger charge is -2.44. The Morgan fingerprint density at radius 1 is 1.03 bits per heavy atom. The first-order valence-corrected chi connectivity index (χ1v) is 10.1. The summed E-state index contributed by atoms with van der Waals surface area (Å²) in [6, 6.07) is -0.315. The maximum absolute atomic E-state index is 11.6. The van der Waals surface area contributed by atoms with Crippen molar-refractivity contribution in [1.29, 1.82) is 0 Å². The van der Waals surface area contributed by atoms with Crippen LogP contribution in [0, 0.1) is 11.8 Å². The van der Waals surface area contributed by atoms with Crippen LogP contribution in [0.5, 0.6) is 0 Å². The Labute approximate surface area is 173 Å². The van der Waals surface area contributed by atoms with E-state index in [1.807, 2.05) is 13.8 Å². The zero-order chi connectivity index (χ0) is 22.0. The van der Waals surface area contributed by atoms with Crippen molar-refractivity contribution in [3.05, 3.63) is 12.2 Å². The maximum atomic E-state index is 11.6. The molecule has 1 aliphatic heterocycles. The summed E-state index contributed by atoms with van der Waals surface area (Å²) in [7, 11) is 0.